The summed E-state index contributed by atoms with van der Waals surface area (Å²) in [5, 5.41) is 3.32. The maximum atomic E-state index is 13.4. The van der Waals surface area contributed by atoms with Crippen molar-refractivity contribution in [2.75, 3.05) is 5.32 Å². The molecule has 0 fully saturated rings. The fourth-order valence-electron chi connectivity index (χ4n) is 2.05. The normalized spacial score (nSPS) is 13.4. The summed E-state index contributed by atoms with van der Waals surface area (Å²) in [6, 6.07) is 4.30. The quantitative estimate of drug-likeness (QED) is 0.903. The lowest BCUT2D eigenvalue weighted by Gasteiger charge is -2.02. The minimum absolute atomic E-state index is 0.288. The Hall–Kier alpha value is -1.27. The third kappa shape index (κ3) is 2.55. The van der Waals surface area contributed by atoms with Gasteiger partial charge in [-0.15, -0.1) is 11.3 Å². The summed E-state index contributed by atoms with van der Waals surface area (Å²) >= 11 is 4.56. The summed E-state index contributed by atoms with van der Waals surface area (Å²) in [6.45, 7) is 0. The maximum Gasteiger partial charge on any atom is 0.257 e. The molecule has 0 unspecified atom stereocenters. The summed E-state index contributed by atoms with van der Waals surface area (Å²) in [6.07, 6.45) is 3.16. The van der Waals surface area contributed by atoms with Crippen LogP contribution in [0.15, 0.2) is 22.7 Å². The molecule has 0 radical (unpaired) electrons. The molecule has 0 saturated carbocycles. The van der Waals surface area contributed by atoms with Crippen LogP contribution < -0.4 is 5.32 Å². The fourth-order valence-corrected chi connectivity index (χ4v) is 3.34. The highest BCUT2D eigenvalue weighted by Gasteiger charge is 2.18. The van der Waals surface area contributed by atoms with E-state index in [1.165, 1.54) is 28.3 Å². The molecule has 2 aromatic rings. The van der Waals surface area contributed by atoms with Crippen LogP contribution in [0, 0.1) is 5.82 Å². The second-order valence-corrected chi connectivity index (χ2v) is 6.26. The van der Waals surface area contributed by atoms with E-state index in [-0.39, 0.29) is 11.5 Å². The average molecular weight is 341 g/mol. The number of aromatic nitrogens is 1. The van der Waals surface area contributed by atoms with Gasteiger partial charge in [-0.2, -0.15) is 0 Å². The van der Waals surface area contributed by atoms with Crippen LogP contribution in [-0.2, 0) is 12.8 Å². The summed E-state index contributed by atoms with van der Waals surface area (Å²) in [5.74, 6) is -0.784. The number of halogens is 2. The van der Waals surface area contributed by atoms with Crippen molar-refractivity contribution in [3.05, 3.63) is 44.6 Å². The molecule has 1 aliphatic carbocycles. The van der Waals surface area contributed by atoms with Crippen molar-refractivity contribution in [3.8, 4) is 0 Å². The number of fused-ring (bicyclic) bond motifs is 1. The summed E-state index contributed by atoms with van der Waals surface area (Å²) in [4.78, 5) is 17.6. The van der Waals surface area contributed by atoms with Crippen LogP contribution in [0.2, 0.25) is 0 Å². The number of thiazole rings is 1. The standard InChI is InChI=1S/C13H10BrFN2OS/c14-8-5-4-7(6-9(8)15)12(18)17-13-16-10-2-1-3-11(10)19-13/h4-6H,1-3H2,(H,16,17,18). The summed E-state index contributed by atoms with van der Waals surface area (Å²) < 4.78 is 13.7. The molecule has 1 amide bonds. The topological polar surface area (TPSA) is 42.0 Å². The van der Waals surface area contributed by atoms with Gasteiger partial charge in [0.15, 0.2) is 5.13 Å². The Labute approximate surface area is 122 Å². The van der Waals surface area contributed by atoms with E-state index in [1.807, 2.05) is 0 Å². The second-order valence-electron chi connectivity index (χ2n) is 4.33. The van der Waals surface area contributed by atoms with Gasteiger partial charge in [-0.1, -0.05) is 0 Å². The Bertz CT molecular complexity index is 635. The summed E-state index contributed by atoms with van der Waals surface area (Å²) in [5.41, 5.74) is 1.37. The Morgan fingerprint density at radius 2 is 2.26 bits per heavy atom. The van der Waals surface area contributed by atoms with Crippen molar-refractivity contribution in [1.29, 1.82) is 0 Å². The number of aryl methyl sites for hydroxylation is 2. The zero-order chi connectivity index (χ0) is 13.4. The maximum absolute atomic E-state index is 13.4. The average Bonchev–Trinajstić information content (AvgIpc) is 2.93. The van der Waals surface area contributed by atoms with Crippen LogP contribution in [0.4, 0.5) is 9.52 Å². The van der Waals surface area contributed by atoms with E-state index in [0.717, 1.165) is 25.0 Å². The number of anilines is 1. The van der Waals surface area contributed by atoms with Gasteiger partial charge in [0.1, 0.15) is 5.82 Å². The third-order valence-electron chi connectivity index (χ3n) is 3.00. The second kappa shape index (κ2) is 5.02. The molecule has 0 spiro atoms. The van der Waals surface area contributed by atoms with Crippen molar-refractivity contribution >= 4 is 38.3 Å². The number of rotatable bonds is 2. The van der Waals surface area contributed by atoms with E-state index < -0.39 is 5.82 Å². The molecule has 98 valence electrons. The highest BCUT2D eigenvalue weighted by atomic mass is 79.9. The molecule has 19 heavy (non-hydrogen) atoms. The molecule has 3 nitrogen and oxygen atoms in total. The van der Waals surface area contributed by atoms with Crippen molar-refractivity contribution in [2.45, 2.75) is 19.3 Å². The minimum Gasteiger partial charge on any atom is -0.298 e. The number of nitrogens with one attached hydrogen (secondary N) is 1. The van der Waals surface area contributed by atoms with E-state index in [0.29, 0.717) is 9.60 Å². The van der Waals surface area contributed by atoms with Crippen molar-refractivity contribution < 1.29 is 9.18 Å². The molecular weight excluding hydrogens is 331 g/mol. The fraction of sp³-hybridized carbons (Fsp3) is 0.231. The lowest BCUT2D eigenvalue weighted by Crippen LogP contribution is -2.12. The molecule has 0 aliphatic heterocycles. The number of hydrogen-bond donors (Lipinski definition) is 1. The van der Waals surface area contributed by atoms with Crippen LogP contribution in [-0.4, -0.2) is 10.9 Å². The molecule has 1 N–H and O–H groups in total. The van der Waals surface area contributed by atoms with E-state index in [2.05, 4.69) is 26.2 Å². The Kier molecular flexibility index (Phi) is 3.36. The van der Waals surface area contributed by atoms with Gasteiger partial charge in [-0.25, -0.2) is 9.37 Å². The Morgan fingerprint density at radius 3 is 3.00 bits per heavy atom. The lowest BCUT2D eigenvalue weighted by molar-refractivity contribution is 0.102. The molecule has 1 aromatic heterocycles. The van der Waals surface area contributed by atoms with Crippen LogP contribution in [0.1, 0.15) is 27.3 Å². The molecule has 3 rings (SSSR count). The smallest absolute Gasteiger partial charge is 0.257 e. The predicted octanol–water partition coefficient (Wildman–Crippen LogP) is 3.79. The predicted molar refractivity (Wildman–Crippen MR) is 76.2 cm³/mol. The van der Waals surface area contributed by atoms with Gasteiger partial charge in [0.05, 0.1) is 10.2 Å². The molecule has 1 aromatic carbocycles. The van der Waals surface area contributed by atoms with Crippen LogP contribution >= 0.6 is 27.3 Å². The van der Waals surface area contributed by atoms with E-state index in [1.54, 1.807) is 6.07 Å². The van der Waals surface area contributed by atoms with Gasteiger partial charge in [0.2, 0.25) is 0 Å². The van der Waals surface area contributed by atoms with E-state index in [4.69, 9.17) is 0 Å². The van der Waals surface area contributed by atoms with Crippen LogP contribution in [0.5, 0.6) is 0 Å². The van der Waals surface area contributed by atoms with Gasteiger partial charge in [0.25, 0.3) is 5.91 Å². The first-order valence-electron chi connectivity index (χ1n) is 5.88. The van der Waals surface area contributed by atoms with Gasteiger partial charge in [-0.05, 0) is 53.4 Å². The molecular formula is C13H10BrFN2OS. The SMILES string of the molecule is O=C(Nc1nc2c(s1)CCC2)c1ccc(Br)c(F)c1. The number of carbonyl (C=O) groups is 1. The molecule has 1 aliphatic rings. The Morgan fingerprint density at radius 1 is 1.42 bits per heavy atom. The first-order valence-corrected chi connectivity index (χ1v) is 7.49. The number of benzene rings is 1. The first-order chi connectivity index (χ1) is 9.13. The first kappa shape index (κ1) is 12.7. The molecule has 0 bridgehead atoms. The van der Waals surface area contributed by atoms with Gasteiger partial charge >= 0.3 is 0 Å². The number of carbonyl (C=O) groups excluding carboxylic acids is 1. The molecule has 1 heterocycles. The van der Waals surface area contributed by atoms with Crippen molar-refractivity contribution in [3.63, 3.8) is 0 Å². The lowest BCUT2D eigenvalue weighted by atomic mass is 10.2. The third-order valence-corrected chi connectivity index (χ3v) is 4.71. The number of hydrogen-bond acceptors (Lipinski definition) is 3. The van der Waals surface area contributed by atoms with Gasteiger partial charge in [0, 0.05) is 10.4 Å². The van der Waals surface area contributed by atoms with Crippen LogP contribution in [0.3, 0.4) is 0 Å². The van der Waals surface area contributed by atoms with Crippen molar-refractivity contribution in [2.24, 2.45) is 0 Å². The highest BCUT2D eigenvalue weighted by molar-refractivity contribution is 9.10. The largest absolute Gasteiger partial charge is 0.298 e. The molecule has 0 saturated heterocycles. The summed E-state index contributed by atoms with van der Waals surface area (Å²) in [7, 11) is 0. The van der Waals surface area contributed by atoms with E-state index >= 15 is 0 Å². The van der Waals surface area contributed by atoms with E-state index in [9.17, 15) is 9.18 Å². The van der Waals surface area contributed by atoms with Crippen molar-refractivity contribution in [1.82, 2.24) is 4.98 Å². The highest BCUT2D eigenvalue weighted by Crippen LogP contribution is 2.30. The molecule has 0 atom stereocenters. The zero-order valence-electron chi connectivity index (χ0n) is 9.87. The molecule has 6 heteroatoms. The number of amides is 1. The zero-order valence-corrected chi connectivity index (χ0v) is 12.3. The number of nitrogens with zero attached hydrogens (tertiary/aromatic N) is 1. The van der Waals surface area contributed by atoms with Gasteiger partial charge in [-0.3, -0.25) is 10.1 Å². The Balaban J connectivity index is 1.78. The minimum atomic E-state index is -0.450. The van der Waals surface area contributed by atoms with Gasteiger partial charge < -0.3 is 0 Å². The monoisotopic (exact) mass is 340 g/mol. The van der Waals surface area contributed by atoms with Crippen LogP contribution in [0.25, 0.3) is 0 Å².